The maximum absolute atomic E-state index is 6.61. The van der Waals surface area contributed by atoms with E-state index in [1.165, 1.54) is 24.0 Å². The lowest BCUT2D eigenvalue weighted by atomic mass is 9.53. The van der Waals surface area contributed by atoms with Crippen molar-refractivity contribution in [1.29, 1.82) is 0 Å². The van der Waals surface area contributed by atoms with Crippen molar-refractivity contribution >= 4 is 0 Å². The van der Waals surface area contributed by atoms with E-state index in [2.05, 4.69) is 58.9 Å². The molecule has 1 saturated carbocycles. The summed E-state index contributed by atoms with van der Waals surface area (Å²) >= 11 is 0. The van der Waals surface area contributed by atoms with E-state index >= 15 is 0 Å². The van der Waals surface area contributed by atoms with Crippen LogP contribution in [0.4, 0.5) is 0 Å². The molecule has 19 heavy (non-hydrogen) atoms. The van der Waals surface area contributed by atoms with Crippen LogP contribution in [-0.2, 0) is 11.0 Å². The normalized spacial score (nSPS) is 20.9. The number of benzene rings is 1. The lowest BCUT2D eigenvalue weighted by Gasteiger charge is -2.54. The highest BCUT2D eigenvalue weighted by molar-refractivity contribution is 5.34. The molecule has 0 aromatic heterocycles. The highest BCUT2D eigenvalue weighted by Crippen LogP contribution is 2.56. The molecule has 2 rings (SSSR count). The molecule has 0 radical (unpaired) electrons. The van der Waals surface area contributed by atoms with Gasteiger partial charge in [0.2, 0.25) is 0 Å². The van der Waals surface area contributed by atoms with Crippen molar-refractivity contribution in [1.82, 2.24) is 0 Å². The van der Waals surface area contributed by atoms with Crippen molar-refractivity contribution in [2.75, 3.05) is 0 Å². The van der Waals surface area contributed by atoms with Gasteiger partial charge < -0.3 is 5.73 Å². The molecule has 0 saturated heterocycles. The van der Waals surface area contributed by atoms with Gasteiger partial charge in [-0.05, 0) is 34.8 Å². The van der Waals surface area contributed by atoms with Gasteiger partial charge in [0.15, 0.2) is 0 Å². The van der Waals surface area contributed by atoms with Crippen molar-refractivity contribution in [3.05, 3.63) is 35.4 Å². The van der Waals surface area contributed by atoms with E-state index in [-0.39, 0.29) is 11.0 Å². The van der Waals surface area contributed by atoms with Crippen LogP contribution in [0, 0.1) is 5.41 Å². The molecule has 0 atom stereocenters. The fourth-order valence-corrected chi connectivity index (χ4v) is 3.54. The molecule has 1 heteroatoms. The number of rotatable bonds is 3. The predicted molar refractivity (Wildman–Crippen MR) is 83.3 cm³/mol. The molecule has 0 aliphatic heterocycles. The van der Waals surface area contributed by atoms with Crippen molar-refractivity contribution in [2.24, 2.45) is 11.1 Å². The Morgan fingerprint density at radius 3 is 1.84 bits per heavy atom. The average molecular weight is 259 g/mol. The summed E-state index contributed by atoms with van der Waals surface area (Å²) < 4.78 is 0. The van der Waals surface area contributed by atoms with Gasteiger partial charge in [-0.2, -0.15) is 0 Å². The topological polar surface area (TPSA) is 26.0 Å². The first-order chi connectivity index (χ1) is 8.75. The molecule has 0 heterocycles. The van der Waals surface area contributed by atoms with Crippen LogP contribution in [0.2, 0.25) is 0 Å². The fraction of sp³-hybridized carbons (Fsp3) is 0.667. The van der Waals surface area contributed by atoms with Gasteiger partial charge >= 0.3 is 0 Å². The molecule has 1 aromatic rings. The summed E-state index contributed by atoms with van der Waals surface area (Å²) in [4.78, 5) is 0. The first kappa shape index (κ1) is 14.6. The van der Waals surface area contributed by atoms with E-state index in [0.717, 1.165) is 12.8 Å². The summed E-state index contributed by atoms with van der Waals surface area (Å²) in [7, 11) is 0. The zero-order valence-electron chi connectivity index (χ0n) is 13.2. The Morgan fingerprint density at radius 2 is 1.47 bits per heavy atom. The van der Waals surface area contributed by atoms with Gasteiger partial charge in [-0.1, -0.05) is 71.7 Å². The minimum atomic E-state index is -0.0809. The van der Waals surface area contributed by atoms with Gasteiger partial charge in [0.05, 0.1) is 0 Å². The Hall–Kier alpha value is -0.820. The summed E-state index contributed by atoms with van der Waals surface area (Å²) in [5, 5.41) is 0. The summed E-state index contributed by atoms with van der Waals surface area (Å²) in [5.41, 5.74) is 9.95. The van der Waals surface area contributed by atoms with Crippen molar-refractivity contribution in [3.63, 3.8) is 0 Å². The van der Waals surface area contributed by atoms with E-state index in [0.29, 0.717) is 5.41 Å². The van der Waals surface area contributed by atoms with Crippen LogP contribution < -0.4 is 5.73 Å². The maximum atomic E-state index is 6.61. The molecule has 1 nitrogen and oxygen atoms in total. The van der Waals surface area contributed by atoms with Crippen LogP contribution in [0.5, 0.6) is 0 Å². The third-order valence-electron chi connectivity index (χ3n) is 5.21. The summed E-state index contributed by atoms with van der Waals surface area (Å²) in [6, 6.07) is 9.00. The highest BCUT2D eigenvalue weighted by Gasteiger charge is 2.50. The van der Waals surface area contributed by atoms with Gasteiger partial charge in [-0.3, -0.25) is 0 Å². The first-order valence-corrected chi connectivity index (χ1v) is 7.65. The lowest BCUT2D eigenvalue weighted by molar-refractivity contribution is 0.0166. The monoisotopic (exact) mass is 259 g/mol. The molecule has 1 aliphatic rings. The Morgan fingerprint density at radius 1 is 1.00 bits per heavy atom. The molecule has 1 fully saturated rings. The zero-order valence-corrected chi connectivity index (χ0v) is 13.2. The van der Waals surface area contributed by atoms with Crippen molar-refractivity contribution in [3.8, 4) is 0 Å². The van der Waals surface area contributed by atoms with Crippen LogP contribution in [-0.4, -0.2) is 0 Å². The largest absolute Gasteiger partial charge is 0.321 e. The molecule has 1 aliphatic carbocycles. The second-order valence-corrected chi connectivity index (χ2v) is 7.54. The molecular weight excluding hydrogens is 230 g/mol. The van der Waals surface area contributed by atoms with Crippen LogP contribution in [0.15, 0.2) is 24.3 Å². The van der Waals surface area contributed by atoms with E-state index in [1.54, 1.807) is 0 Å². The molecule has 0 spiro atoms. The third-order valence-corrected chi connectivity index (χ3v) is 5.21. The van der Waals surface area contributed by atoms with Gasteiger partial charge in [0, 0.05) is 5.54 Å². The van der Waals surface area contributed by atoms with Crippen LogP contribution in [0.3, 0.4) is 0 Å². The first-order valence-electron chi connectivity index (χ1n) is 7.65. The second kappa shape index (κ2) is 4.63. The molecular formula is C18H29N. The predicted octanol–water partition coefficient (Wildman–Crippen LogP) is 4.74. The van der Waals surface area contributed by atoms with Crippen LogP contribution in [0.25, 0.3) is 0 Å². The average Bonchev–Trinajstić information content (AvgIpc) is 2.34. The van der Waals surface area contributed by atoms with Crippen molar-refractivity contribution < 1.29 is 0 Å². The Labute approximate surface area is 118 Å². The van der Waals surface area contributed by atoms with Gasteiger partial charge in [-0.15, -0.1) is 0 Å². The SMILES string of the molecule is CCC1(CC)CC(N)(c2ccc(C(C)(C)C)cc2)C1. The van der Waals surface area contributed by atoms with E-state index in [9.17, 15) is 0 Å². The third kappa shape index (κ3) is 2.58. The molecule has 1 aromatic carbocycles. The van der Waals surface area contributed by atoms with Crippen molar-refractivity contribution in [2.45, 2.75) is 71.3 Å². The van der Waals surface area contributed by atoms with Gasteiger partial charge in [0.25, 0.3) is 0 Å². The quantitative estimate of drug-likeness (QED) is 0.833. The number of nitrogens with two attached hydrogens (primary N) is 1. The number of hydrogen-bond acceptors (Lipinski definition) is 1. The summed E-state index contributed by atoms with van der Waals surface area (Å²) in [5.74, 6) is 0. The van der Waals surface area contributed by atoms with Gasteiger partial charge in [-0.25, -0.2) is 0 Å². The van der Waals surface area contributed by atoms with E-state index in [4.69, 9.17) is 5.73 Å². The highest BCUT2D eigenvalue weighted by atomic mass is 14.8. The standard InChI is InChI=1S/C18H29N/c1-6-17(7-2)12-18(19,13-17)15-10-8-14(9-11-15)16(3,4)5/h8-11H,6-7,12-13,19H2,1-5H3. The maximum Gasteiger partial charge on any atom is 0.0420 e. The fourth-order valence-electron chi connectivity index (χ4n) is 3.54. The Kier molecular flexibility index (Phi) is 3.55. The van der Waals surface area contributed by atoms with E-state index < -0.39 is 0 Å². The van der Waals surface area contributed by atoms with Gasteiger partial charge in [0.1, 0.15) is 0 Å². The summed E-state index contributed by atoms with van der Waals surface area (Å²) in [6.07, 6.45) is 4.79. The van der Waals surface area contributed by atoms with Crippen LogP contribution in [0.1, 0.15) is 71.4 Å². The Balaban J connectivity index is 2.16. The molecule has 2 N–H and O–H groups in total. The molecule has 106 valence electrons. The lowest BCUT2D eigenvalue weighted by Crippen LogP contribution is -2.55. The number of hydrogen-bond donors (Lipinski definition) is 1. The molecule has 0 unspecified atom stereocenters. The molecule has 0 bridgehead atoms. The zero-order chi connectivity index (χ0) is 14.3. The smallest absolute Gasteiger partial charge is 0.0420 e. The Bertz CT molecular complexity index is 424. The van der Waals surface area contributed by atoms with Crippen LogP contribution >= 0.6 is 0 Å². The minimum Gasteiger partial charge on any atom is -0.321 e. The minimum absolute atomic E-state index is 0.0809. The molecule has 0 amide bonds. The second-order valence-electron chi connectivity index (χ2n) is 7.54. The summed E-state index contributed by atoms with van der Waals surface area (Å²) in [6.45, 7) is 11.4. The van der Waals surface area contributed by atoms with E-state index in [1.807, 2.05) is 0 Å².